The Kier molecular flexibility index (Phi) is 5.04. The lowest BCUT2D eigenvalue weighted by Gasteiger charge is -2.14. The molecule has 0 aromatic heterocycles. The second kappa shape index (κ2) is 6.97. The zero-order chi connectivity index (χ0) is 15.2. The monoisotopic (exact) mass is 288 g/mol. The maximum Gasteiger partial charge on any atom is 0.142 e. The summed E-state index contributed by atoms with van der Waals surface area (Å²) in [7, 11) is 1.59. The minimum absolute atomic E-state index is 0.242. The zero-order valence-electron chi connectivity index (χ0n) is 12.4. The van der Waals surface area contributed by atoms with Crippen LogP contribution in [-0.2, 0) is 6.42 Å². The molecule has 0 radical (unpaired) electrons. The SMILES string of the molecule is CCCNc1ccc(F)cc1Cc1cccc(OC)c1N. The van der Waals surface area contributed by atoms with Crippen LogP contribution in [0.3, 0.4) is 0 Å². The highest BCUT2D eigenvalue weighted by Gasteiger charge is 2.10. The number of anilines is 2. The number of hydrogen-bond donors (Lipinski definition) is 2. The second-order valence-electron chi connectivity index (χ2n) is 4.94. The number of nitrogens with two attached hydrogens (primary N) is 1. The van der Waals surface area contributed by atoms with Gasteiger partial charge >= 0.3 is 0 Å². The van der Waals surface area contributed by atoms with Gasteiger partial charge in [0.1, 0.15) is 11.6 Å². The molecule has 0 aliphatic carbocycles. The Labute approximate surface area is 124 Å². The maximum absolute atomic E-state index is 13.5. The predicted octanol–water partition coefficient (Wildman–Crippen LogP) is 3.83. The van der Waals surface area contributed by atoms with Crippen molar-refractivity contribution in [2.45, 2.75) is 19.8 Å². The molecule has 3 N–H and O–H groups in total. The second-order valence-corrected chi connectivity index (χ2v) is 4.94. The number of rotatable bonds is 6. The molecule has 4 heteroatoms. The number of para-hydroxylation sites is 1. The average molecular weight is 288 g/mol. The summed E-state index contributed by atoms with van der Waals surface area (Å²) in [4.78, 5) is 0. The van der Waals surface area contributed by atoms with E-state index in [0.717, 1.165) is 29.8 Å². The van der Waals surface area contributed by atoms with E-state index in [2.05, 4.69) is 12.2 Å². The van der Waals surface area contributed by atoms with Crippen LogP contribution in [-0.4, -0.2) is 13.7 Å². The van der Waals surface area contributed by atoms with E-state index in [-0.39, 0.29) is 5.82 Å². The number of nitrogen functional groups attached to an aromatic ring is 1. The van der Waals surface area contributed by atoms with Crippen molar-refractivity contribution in [3.63, 3.8) is 0 Å². The van der Waals surface area contributed by atoms with E-state index in [4.69, 9.17) is 10.5 Å². The fraction of sp³-hybridized carbons (Fsp3) is 0.294. The van der Waals surface area contributed by atoms with Crippen molar-refractivity contribution in [3.05, 3.63) is 53.3 Å². The number of nitrogens with one attached hydrogen (secondary N) is 1. The molecular weight excluding hydrogens is 267 g/mol. The zero-order valence-corrected chi connectivity index (χ0v) is 12.4. The standard InChI is InChI=1S/C17H21FN2O/c1-3-9-20-15-8-7-14(18)11-13(15)10-12-5-4-6-16(21-2)17(12)19/h4-8,11,20H,3,9-10,19H2,1-2H3. The third kappa shape index (κ3) is 3.66. The summed E-state index contributed by atoms with van der Waals surface area (Å²) in [6.45, 7) is 2.95. The van der Waals surface area contributed by atoms with E-state index in [1.807, 2.05) is 18.2 Å². The highest BCUT2D eigenvalue weighted by Crippen LogP contribution is 2.29. The molecule has 3 nitrogen and oxygen atoms in total. The first-order chi connectivity index (χ1) is 10.2. The molecule has 0 fully saturated rings. The third-order valence-electron chi connectivity index (χ3n) is 3.39. The lowest BCUT2D eigenvalue weighted by atomic mass is 10.0. The molecule has 0 amide bonds. The highest BCUT2D eigenvalue weighted by molar-refractivity contribution is 5.62. The van der Waals surface area contributed by atoms with Crippen molar-refractivity contribution in [2.75, 3.05) is 24.7 Å². The normalized spacial score (nSPS) is 10.4. The van der Waals surface area contributed by atoms with Crippen molar-refractivity contribution in [3.8, 4) is 5.75 Å². The van der Waals surface area contributed by atoms with E-state index in [1.165, 1.54) is 6.07 Å². The van der Waals surface area contributed by atoms with Gasteiger partial charge in [0.2, 0.25) is 0 Å². The Morgan fingerprint density at radius 2 is 2.00 bits per heavy atom. The molecule has 2 aromatic rings. The molecule has 0 spiro atoms. The summed E-state index contributed by atoms with van der Waals surface area (Å²) < 4.78 is 18.8. The molecule has 0 atom stereocenters. The van der Waals surface area contributed by atoms with Gasteiger partial charge in [0.05, 0.1) is 12.8 Å². The molecule has 0 bridgehead atoms. The highest BCUT2D eigenvalue weighted by atomic mass is 19.1. The first-order valence-electron chi connectivity index (χ1n) is 7.09. The van der Waals surface area contributed by atoms with Gasteiger partial charge in [0.15, 0.2) is 0 Å². The number of methoxy groups -OCH3 is 1. The molecule has 0 aliphatic rings. The first-order valence-corrected chi connectivity index (χ1v) is 7.09. The maximum atomic E-state index is 13.5. The Morgan fingerprint density at radius 3 is 2.71 bits per heavy atom. The fourth-order valence-corrected chi connectivity index (χ4v) is 2.27. The summed E-state index contributed by atoms with van der Waals surface area (Å²) in [5.74, 6) is 0.403. The van der Waals surface area contributed by atoms with Crippen molar-refractivity contribution >= 4 is 11.4 Å². The lowest BCUT2D eigenvalue weighted by Crippen LogP contribution is -2.05. The predicted molar refractivity (Wildman–Crippen MR) is 85.4 cm³/mol. The molecule has 21 heavy (non-hydrogen) atoms. The molecule has 2 aromatic carbocycles. The van der Waals surface area contributed by atoms with Crippen molar-refractivity contribution in [2.24, 2.45) is 0 Å². The third-order valence-corrected chi connectivity index (χ3v) is 3.39. The van der Waals surface area contributed by atoms with Gasteiger partial charge in [-0.1, -0.05) is 19.1 Å². The van der Waals surface area contributed by atoms with Gasteiger partial charge in [-0.05, 0) is 41.8 Å². The van der Waals surface area contributed by atoms with E-state index in [9.17, 15) is 4.39 Å². The van der Waals surface area contributed by atoms with Gasteiger partial charge in [-0.15, -0.1) is 0 Å². The van der Waals surface area contributed by atoms with E-state index >= 15 is 0 Å². The molecule has 0 saturated carbocycles. The fourth-order valence-electron chi connectivity index (χ4n) is 2.27. The lowest BCUT2D eigenvalue weighted by molar-refractivity contribution is 0.416. The Bertz CT molecular complexity index is 614. The summed E-state index contributed by atoms with van der Waals surface area (Å²) >= 11 is 0. The molecular formula is C17H21FN2O. The van der Waals surface area contributed by atoms with E-state index < -0.39 is 0 Å². The summed E-state index contributed by atoms with van der Waals surface area (Å²) in [5, 5.41) is 3.32. The van der Waals surface area contributed by atoms with Gasteiger partial charge < -0.3 is 15.8 Å². The van der Waals surface area contributed by atoms with Gasteiger partial charge in [-0.25, -0.2) is 4.39 Å². The Balaban J connectivity index is 2.32. The molecule has 0 aliphatic heterocycles. The number of hydrogen-bond acceptors (Lipinski definition) is 3. The van der Waals surface area contributed by atoms with Crippen molar-refractivity contribution in [1.29, 1.82) is 0 Å². The van der Waals surface area contributed by atoms with Crippen LogP contribution in [0.4, 0.5) is 15.8 Å². The molecule has 0 heterocycles. The Morgan fingerprint density at radius 1 is 1.19 bits per heavy atom. The average Bonchev–Trinajstić information content (AvgIpc) is 2.48. The number of benzene rings is 2. The smallest absolute Gasteiger partial charge is 0.142 e. The van der Waals surface area contributed by atoms with E-state index in [0.29, 0.717) is 17.9 Å². The van der Waals surface area contributed by atoms with Crippen molar-refractivity contribution in [1.82, 2.24) is 0 Å². The minimum atomic E-state index is -0.242. The van der Waals surface area contributed by atoms with Gasteiger partial charge in [-0.2, -0.15) is 0 Å². The summed E-state index contributed by atoms with van der Waals surface area (Å²) in [6.07, 6.45) is 1.57. The minimum Gasteiger partial charge on any atom is -0.495 e. The van der Waals surface area contributed by atoms with Crippen LogP contribution in [0.5, 0.6) is 5.75 Å². The van der Waals surface area contributed by atoms with Crippen LogP contribution in [0.25, 0.3) is 0 Å². The van der Waals surface area contributed by atoms with Gasteiger partial charge in [-0.3, -0.25) is 0 Å². The van der Waals surface area contributed by atoms with Crippen molar-refractivity contribution < 1.29 is 9.13 Å². The van der Waals surface area contributed by atoms with Crippen LogP contribution in [0.1, 0.15) is 24.5 Å². The quantitative estimate of drug-likeness (QED) is 0.794. The summed E-state index contributed by atoms with van der Waals surface area (Å²) in [5.41, 5.74) is 9.46. The molecule has 0 unspecified atom stereocenters. The van der Waals surface area contributed by atoms with Crippen LogP contribution < -0.4 is 15.8 Å². The van der Waals surface area contributed by atoms with Crippen LogP contribution in [0.2, 0.25) is 0 Å². The number of halogens is 1. The molecule has 112 valence electrons. The van der Waals surface area contributed by atoms with Gasteiger partial charge in [0, 0.05) is 18.7 Å². The molecule has 0 saturated heterocycles. The molecule has 2 rings (SSSR count). The number of ether oxygens (including phenoxy) is 1. The van der Waals surface area contributed by atoms with E-state index in [1.54, 1.807) is 19.2 Å². The summed E-state index contributed by atoms with van der Waals surface area (Å²) in [6, 6.07) is 10.4. The van der Waals surface area contributed by atoms with Crippen LogP contribution in [0, 0.1) is 5.82 Å². The topological polar surface area (TPSA) is 47.3 Å². The Hall–Kier alpha value is -2.23. The van der Waals surface area contributed by atoms with Crippen LogP contribution in [0.15, 0.2) is 36.4 Å². The van der Waals surface area contributed by atoms with Crippen LogP contribution >= 0.6 is 0 Å². The first kappa shape index (κ1) is 15.2. The van der Waals surface area contributed by atoms with Gasteiger partial charge in [0.25, 0.3) is 0 Å². The largest absolute Gasteiger partial charge is 0.495 e.